The molecule has 0 spiro atoms. The van der Waals surface area contributed by atoms with Gasteiger partial charge in [-0.25, -0.2) is 4.98 Å². The number of aryl methyl sites for hydroxylation is 1. The van der Waals surface area contributed by atoms with Crippen molar-refractivity contribution in [2.75, 3.05) is 17.7 Å². The van der Waals surface area contributed by atoms with Crippen molar-refractivity contribution in [3.63, 3.8) is 0 Å². The molecular weight excluding hydrogens is 382 g/mol. The largest absolute Gasteiger partial charge is 0.497 e. The van der Waals surface area contributed by atoms with Crippen molar-refractivity contribution in [1.29, 1.82) is 0 Å². The summed E-state index contributed by atoms with van der Waals surface area (Å²) in [7, 11) is 1.65. The Balaban J connectivity index is 1.52. The molecule has 2 aromatic carbocycles. The van der Waals surface area contributed by atoms with E-state index in [-0.39, 0.29) is 5.91 Å². The van der Waals surface area contributed by atoms with Crippen LogP contribution >= 0.6 is 11.3 Å². The molecule has 2 heterocycles. The van der Waals surface area contributed by atoms with Gasteiger partial charge >= 0.3 is 0 Å². The van der Waals surface area contributed by atoms with Crippen molar-refractivity contribution in [3.05, 3.63) is 76.5 Å². The lowest BCUT2D eigenvalue weighted by Gasteiger charge is -2.11. The number of pyridine rings is 1. The average Bonchev–Trinajstić information content (AvgIpc) is 3.22. The number of rotatable bonds is 6. The van der Waals surface area contributed by atoms with Gasteiger partial charge in [0.1, 0.15) is 11.6 Å². The Morgan fingerprint density at radius 2 is 1.86 bits per heavy atom. The molecule has 29 heavy (non-hydrogen) atoms. The minimum atomic E-state index is -0.0183. The number of anilines is 3. The number of fused-ring (bicyclic) bond motifs is 1. The Hall–Kier alpha value is -3.38. The number of benzene rings is 2. The molecule has 0 saturated heterocycles. The van der Waals surface area contributed by atoms with Crippen molar-refractivity contribution in [2.24, 2.45) is 0 Å². The third-order valence-corrected chi connectivity index (χ3v) is 5.45. The monoisotopic (exact) mass is 403 g/mol. The molecule has 6 heteroatoms. The second kappa shape index (κ2) is 8.32. The molecule has 0 aliphatic rings. The van der Waals surface area contributed by atoms with Crippen molar-refractivity contribution in [3.8, 4) is 5.75 Å². The first-order valence-electron chi connectivity index (χ1n) is 9.25. The van der Waals surface area contributed by atoms with Gasteiger partial charge in [0.05, 0.1) is 19.0 Å². The lowest BCUT2D eigenvalue weighted by atomic mass is 10.1. The molecule has 0 unspecified atom stereocenters. The van der Waals surface area contributed by atoms with Crippen molar-refractivity contribution in [1.82, 2.24) is 4.98 Å². The average molecular weight is 404 g/mol. The highest BCUT2D eigenvalue weighted by Gasteiger charge is 2.08. The highest BCUT2D eigenvalue weighted by molar-refractivity contribution is 7.10. The summed E-state index contributed by atoms with van der Waals surface area (Å²) in [6, 6.07) is 19.4. The molecule has 2 N–H and O–H groups in total. The Bertz CT molecular complexity index is 1140. The fourth-order valence-electron chi connectivity index (χ4n) is 3.13. The Morgan fingerprint density at radius 3 is 2.59 bits per heavy atom. The van der Waals surface area contributed by atoms with Crippen molar-refractivity contribution in [2.45, 2.75) is 13.3 Å². The Labute approximate surface area is 173 Å². The van der Waals surface area contributed by atoms with Gasteiger partial charge in [-0.1, -0.05) is 6.07 Å². The van der Waals surface area contributed by atoms with E-state index >= 15 is 0 Å². The first-order chi connectivity index (χ1) is 14.1. The number of hydrogen-bond acceptors (Lipinski definition) is 5. The maximum Gasteiger partial charge on any atom is 0.229 e. The van der Waals surface area contributed by atoms with Gasteiger partial charge < -0.3 is 15.4 Å². The minimum absolute atomic E-state index is 0.0183. The summed E-state index contributed by atoms with van der Waals surface area (Å²) in [6.45, 7) is 2.04. The summed E-state index contributed by atoms with van der Waals surface area (Å²) in [6.07, 6.45) is 0.387. The van der Waals surface area contributed by atoms with Crippen LogP contribution in [-0.2, 0) is 11.2 Å². The van der Waals surface area contributed by atoms with Gasteiger partial charge in [-0.2, -0.15) is 0 Å². The summed E-state index contributed by atoms with van der Waals surface area (Å²) in [5, 5.41) is 9.29. The SMILES string of the molecule is COc1ccc(Nc2cc(C)c3cc(NC(=O)Cc4cccs4)ccc3n2)cc1. The van der Waals surface area contributed by atoms with Crippen LogP contribution in [0.15, 0.2) is 66.0 Å². The van der Waals surface area contributed by atoms with Crippen LogP contribution in [0.4, 0.5) is 17.2 Å². The van der Waals surface area contributed by atoms with Gasteiger partial charge in [0.2, 0.25) is 5.91 Å². The van der Waals surface area contributed by atoms with E-state index in [0.29, 0.717) is 6.42 Å². The number of nitrogens with one attached hydrogen (secondary N) is 2. The first kappa shape index (κ1) is 19.0. The zero-order chi connectivity index (χ0) is 20.2. The third kappa shape index (κ3) is 4.55. The fourth-order valence-corrected chi connectivity index (χ4v) is 3.84. The summed E-state index contributed by atoms with van der Waals surface area (Å²) < 4.78 is 5.19. The van der Waals surface area contributed by atoms with Gasteiger partial charge in [0, 0.05) is 21.6 Å². The standard InChI is InChI=1S/C23H21N3O2S/c1-15-12-22(24-16-5-8-18(28-2)9-6-16)26-21-10-7-17(13-20(15)21)25-23(27)14-19-4-3-11-29-19/h3-13H,14H2,1-2H3,(H,24,26)(H,25,27). The number of nitrogens with zero attached hydrogens (tertiary/aromatic N) is 1. The predicted molar refractivity (Wildman–Crippen MR) is 119 cm³/mol. The van der Waals surface area contributed by atoms with Gasteiger partial charge in [-0.15, -0.1) is 11.3 Å². The van der Waals surface area contributed by atoms with E-state index in [1.54, 1.807) is 18.4 Å². The van der Waals surface area contributed by atoms with Gasteiger partial charge in [0.15, 0.2) is 0 Å². The normalized spacial score (nSPS) is 10.7. The van der Waals surface area contributed by atoms with Crippen molar-refractivity contribution < 1.29 is 9.53 Å². The molecule has 0 atom stereocenters. The topological polar surface area (TPSA) is 63.2 Å². The smallest absolute Gasteiger partial charge is 0.229 e. The quantitative estimate of drug-likeness (QED) is 0.444. The highest BCUT2D eigenvalue weighted by atomic mass is 32.1. The number of carbonyl (C=O) groups excluding carboxylic acids is 1. The number of amides is 1. The van der Waals surface area contributed by atoms with E-state index in [0.717, 1.165) is 44.3 Å². The zero-order valence-electron chi connectivity index (χ0n) is 16.2. The molecule has 1 amide bonds. The van der Waals surface area contributed by atoms with Gasteiger partial charge in [-0.3, -0.25) is 4.79 Å². The molecule has 0 fully saturated rings. The maximum absolute atomic E-state index is 12.3. The van der Waals surface area contributed by atoms with E-state index in [2.05, 4.69) is 10.6 Å². The van der Waals surface area contributed by atoms with Crippen LogP contribution in [0, 0.1) is 6.92 Å². The number of methoxy groups -OCH3 is 1. The molecule has 4 rings (SSSR count). The van der Waals surface area contributed by atoms with Crippen molar-refractivity contribution >= 4 is 45.3 Å². The van der Waals surface area contributed by atoms with E-state index in [4.69, 9.17) is 9.72 Å². The summed E-state index contributed by atoms with van der Waals surface area (Å²) >= 11 is 1.59. The Morgan fingerprint density at radius 1 is 1.07 bits per heavy atom. The lowest BCUT2D eigenvalue weighted by Crippen LogP contribution is -2.13. The Kier molecular flexibility index (Phi) is 5.44. The van der Waals surface area contributed by atoms with E-state index < -0.39 is 0 Å². The van der Waals surface area contributed by atoms with Crippen LogP contribution in [0.3, 0.4) is 0 Å². The number of ether oxygens (including phenoxy) is 1. The molecule has 4 aromatic rings. The van der Waals surface area contributed by atoms with Crippen LogP contribution in [0.5, 0.6) is 5.75 Å². The third-order valence-electron chi connectivity index (χ3n) is 4.58. The van der Waals surface area contributed by atoms with Crippen LogP contribution in [0.25, 0.3) is 10.9 Å². The molecule has 2 aromatic heterocycles. The maximum atomic E-state index is 12.3. The molecule has 0 aliphatic heterocycles. The van der Waals surface area contributed by atoms with Gasteiger partial charge in [0.25, 0.3) is 0 Å². The molecule has 146 valence electrons. The second-order valence-corrected chi connectivity index (χ2v) is 7.75. The molecule has 0 radical (unpaired) electrons. The lowest BCUT2D eigenvalue weighted by molar-refractivity contribution is -0.115. The number of thiophene rings is 1. The molecule has 0 saturated carbocycles. The van der Waals surface area contributed by atoms with Crippen LogP contribution in [0.2, 0.25) is 0 Å². The molecule has 5 nitrogen and oxygen atoms in total. The van der Waals surface area contributed by atoms with Crippen LogP contribution in [0.1, 0.15) is 10.4 Å². The fraction of sp³-hybridized carbons (Fsp3) is 0.130. The predicted octanol–water partition coefficient (Wildman–Crippen LogP) is 5.54. The van der Waals surface area contributed by atoms with Gasteiger partial charge in [-0.05, 0) is 72.5 Å². The second-order valence-electron chi connectivity index (χ2n) is 6.71. The zero-order valence-corrected chi connectivity index (χ0v) is 17.0. The van der Waals surface area contributed by atoms with E-state index in [9.17, 15) is 4.79 Å². The highest BCUT2D eigenvalue weighted by Crippen LogP contribution is 2.26. The number of carbonyl (C=O) groups is 1. The summed E-state index contributed by atoms with van der Waals surface area (Å²) in [5.74, 6) is 1.57. The first-order valence-corrected chi connectivity index (χ1v) is 10.1. The summed E-state index contributed by atoms with van der Waals surface area (Å²) in [4.78, 5) is 18.0. The number of aromatic nitrogens is 1. The number of hydrogen-bond donors (Lipinski definition) is 2. The van der Waals surface area contributed by atoms with E-state index in [1.165, 1.54) is 0 Å². The molecular formula is C23H21N3O2S. The minimum Gasteiger partial charge on any atom is -0.497 e. The van der Waals surface area contributed by atoms with Crippen LogP contribution < -0.4 is 15.4 Å². The summed E-state index contributed by atoms with van der Waals surface area (Å²) in [5.41, 5.74) is 3.67. The van der Waals surface area contributed by atoms with Crippen LogP contribution in [-0.4, -0.2) is 18.0 Å². The van der Waals surface area contributed by atoms with E-state index in [1.807, 2.05) is 73.0 Å². The molecule has 0 bridgehead atoms. The molecule has 0 aliphatic carbocycles.